The number of fused-ring (bicyclic) bond motifs is 1. The van der Waals surface area contributed by atoms with Gasteiger partial charge in [-0.25, -0.2) is 22.2 Å². The lowest BCUT2D eigenvalue weighted by molar-refractivity contribution is -0.347. The van der Waals surface area contributed by atoms with Crippen molar-refractivity contribution >= 4 is 0 Å². The van der Waals surface area contributed by atoms with Gasteiger partial charge in [-0.1, -0.05) is 6.07 Å². The second-order valence-corrected chi connectivity index (χ2v) is 9.49. The zero-order chi connectivity index (χ0) is 24.9. The summed E-state index contributed by atoms with van der Waals surface area (Å²) in [5.41, 5.74) is -5.83. The lowest BCUT2D eigenvalue weighted by Crippen LogP contribution is -2.76. The molecule has 0 saturated heterocycles. The molecule has 7 nitrogen and oxygen atoms in total. The third kappa shape index (κ3) is 2.93. The molecule has 3 aromatic rings. The Hall–Kier alpha value is -3.35. The van der Waals surface area contributed by atoms with Crippen LogP contribution < -0.4 is 9.47 Å². The van der Waals surface area contributed by atoms with E-state index >= 15 is 8.78 Å². The molecule has 0 spiro atoms. The number of rotatable bonds is 6. The van der Waals surface area contributed by atoms with Crippen molar-refractivity contribution in [3.63, 3.8) is 0 Å². The highest BCUT2D eigenvalue weighted by Crippen LogP contribution is 2.80. The van der Waals surface area contributed by atoms with E-state index in [1.54, 1.807) is 0 Å². The quantitative estimate of drug-likeness (QED) is 0.519. The third-order valence-corrected chi connectivity index (χ3v) is 7.39. The van der Waals surface area contributed by atoms with Gasteiger partial charge < -0.3 is 14.6 Å². The zero-order valence-electron chi connectivity index (χ0n) is 17.7. The Morgan fingerprint density at radius 1 is 1.00 bits per heavy atom. The van der Waals surface area contributed by atoms with E-state index < -0.39 is 52.4 Å². The summed E-state index contributed by atoms with van der Waals surface area (Å²) >= 11 is 0. The first-order valence-corrected chi connectivity index (χ1v) is 10.6. The Labute approximate surface area is 193 Å². The molecular formula is C22H16F6N4O3. The normalized spacial score (nSPS) is 27.6. The van der Waals surface area contributed by atoms with Crippen LogP contribution in [0, 0.1) is 17.0 Å². The standard InChI is InChI=1S/C22H16F6N4O3/c23-13-2-3-14(15(24)6-13)20(33,10-32-11-29-30-31-32)21(25,26)19-7-18(8-19,9-19)12-1-4-16-17(5-12)35-22(27,28)34-16/h1-6,11,33H,7-10H2. The van der Waals surface area contributed by atoms with E-state index in [0.29, 0.717) is 11.6 Å². The van der Waals surface area contributed by atoms with E-state index in [1.165, 1.54) is 18.2 Å². The number of nitrogens with zero attached hydrogens (tertiary/aromatic N) is 4. The van der Waals surface area contributed by atoms with Crippen molar-refractivity contribution in [1.29, 1.82) is 0 Å². The molecule has 1 aromatic heterocycles. The number of ether oxygens (including phenoxy) is 2. The van der Waals surface area contributed by atoms with E-state index in [2.05, 4.69) is 25.0 Å². The summed E-state index contributed by atoms with van der Waals surface area (Å²) in [7, 11) is 0. The minimum atomic E-state index is -3.89. The summed E-state index contributed by atoms with van der Waals surface area (Å²) < 4.78 is 96.9. The Morgan fingerprint density at radius 3 is 2.37 bits per heavy atom. The van der Waals surface area contributed by atoms with Gasteiger partial charge in [-0.05, 0) is 64.9 Å². The van der Waals surface area contributed by atoms with E-state index in [9.17, 15) is 22.7 Å². The molecule has 4 aliphatic rings. The maximum Gasteiger partial charge on any atom is 0.586 e. The van der Waals surface area contributed by atoms with Gasteiger partial charge in [0.05, 0.1) is 6.54 Å². The minimum Gasteiger partial charge on any atom is -0.395 e. The van der Waals surface area contributed by atoms with Crippen molar-refractivity contribution < 1.29 is 40.9 Å². The molecule has 0 amide bonds. The lowest BCUT2D eigenvalue weighted by Gasteiger charge is -2.74. The van der Waals surface area contributed by atoms with Crippen LogP contribution in [0.25, 0.3) is 0 Å². The van der Waals surface area contributed by atoms with Gasteiger partial charge in [0.1, 0.15) is 18.0 Å². The number of alkyl halides is 4. The molecule has 1 N–H and O–H groups in total. The first-order chi connectivity index (χ1) is 16.4. The average Bonchev–Trinajstić information content (AvgIpc) is 3.30. The molecule has 3 aliphatic carbocycles. The molecule has 2 heterocycles. The molecule has 1 unspecified atom stereocenters. The average molecular weight is 498 g/mol. The van der Waals surface area contributed by atoms with E-state index in [0.717, 1.165) is 23.1 Å². The molecule has 1 atom stereocenters. The van der Waals surface area contributed by atoms with E-state index in [1.807, 2.05) is 0 Å². The van der Waals surface area contributed by atoms with Crippen molar-refractivity contribution in [1.82, 2.24) is 20.2 Å². The lowest BCUT2D eigenvalue weighted by atomic mass is 9.30. The fraction of sp³-hybridized carbons (Fsp3) is 0.409. The van der Waals surface area contributed by atoms with Crippen LogP contribution in [0.2, 0.25) is 0 Å². The van der Waals surface area contributed by atoms with Crippen LogP contribution in [0.3, 0.4) is 0 Å². The van der Waals surface area contributed by atoms with Gasteiger partial charge >= 0.3 is 6.29 Å². The highest BCUT2D eigenvalue weighted by atomic mass is 19.3. The van der Waals surface area contributed by atoms with Crippen LogP contribution in [-0.2, 0) is 17.6 Å². The Bertz CT molecular complexity index is 1310. The van der Waals surface area contributed by atoms with Crippen molar-refractivity contribution in [3.05, 3.63) is 65.5 Å². The SMILES string of the molecule is OC(Cn1cnnn1)(c1ccc(F)cc1F)C(F)(F)C12CC(c3ccc4c(c3)OC(F)(F)O4)(C1)C2. The molecule has 7 rings (SSSR count). The summed E-state index contributed by atoms with van der Waals surface area (Å²) in [6, 6.07) is 6.12. The van der Waals surface area contributed by atoms with Gasteiger partial charge in [-0.2, -0.15) is 0 Å². The maximum atomic E-state index is 16.2. The molecule has 13 heteroatoms. The molecule has 2 aromatic carbocycles. The molecule has 0 radical (unpaired) electrons. The number of hydrogen-bond acceptors (Lipinski definition) is 6. The second-order valence-electron chi connectivity index (χ2n) is 9.49. The molecule has 184 valence electrons. The molecule has 1 aliphatic heterocycles. The maximum absolute atomic E-state index is 16.2. The summed E-state index contributed by atoms with van der Waals surface area (Å²) in [5.74, 6) is -6.57. The number of halogens is 6. The molecule has 3 fully saturated rings. The van der Waals surface area contributed by atoms with Crippen molar-refractivity contribution in [2.45, 2.75) is 49.0 Å². The predicted molar refractivity (Wildman–Crippen MR) is 104 cm³/mol. The number of benzene rings is 2. The van der Waals surface area contributed by atoms with Crippen molar-refractivity contribution in [2.75, 3.05) is 0 Å². The first kappa shape index (κ1) is 22.1. The second kappa shape index (κ2) is 6.65. The minimum absolute atomic E-state index is 0.0935. The Kier molecular flexibility index (Phi) is 4.21. The largest absolute Gasteiger partial charge is 0.586 e. The molecule has 35 heavy (non-hydrogen) atoms. The fourth-order valence-electron chi connectivity index (χ4n) is 5.81. The van der Waals surface area contributed by atoms with Crippen LogP contribution in [0.15, 0.2) is 42.7 Å². The Morgan fingerprint density at radius 2 is 1.71 bits per heavy atom. The summed E-state index contributed by atoms with van der Waals surface area (Å²) in [4.78, 5) is 0. The van der Waals surface area contributed by atoms with Crippen LogP contribution in [0.1, 0.15) is 30.4 Å². The number of hydrogen-bond donors (Lipinski definition) is 1. The van der Waals surface area contributed by atoms with Crippen molar-refractivity contribution in [3.8, 4) is 11.5 Å². The van der Waals surface area contributed by atoms with E-state index in [-0.39, 0.29) is 30.8 Å². The van der Waals surface area contributed by atoms with Gasteiger partial charge in [-0.15, -0.1) is 13.9 Å². The van der Waals surface area contributed by atoms with Gasteiger partial charge in [0.25, 0.3) is 5.92 Å². The molecule has 3 saturated carbocycles. The fourth-order valence-corrected chi connectivity index (χ4v) is 5.81. The van der Waals surface area contributed by atoms with Crippen LogP contribution in [-0.4, -0.2) is 37.5 Å². The smallest absolute Gasteiger partial charge is 0.395 e. The first-order valence-electron chi connectivity index (χ1n) is 10.6. The zero-order valence-corrected chi connectivity index (χ0v) is 17.7. The number of aromatic nitrogens is 4. The van der Waals surface area contributed by atoms with Gasteiger partial charge in [-0.3, -0.25) is 0 Å². The predicted octanol–water partition coefficient (Wildman–Crippen LogP) is 3.92. The summed E-state index contributed by atoms with van der Waals surface area (Å²) in [5, 5.41) is 21.6. The summed E-state index contributed by atoms with van der Waals surface area (Å²) in [6.45, 7) is -0.886. The van der Waals surface area contributed by atoms with Gasteiger partial charge in [0.15, 0.2) is 17.1 Å². The molecular weight excluding hydrogens is 482 g/mol. The van der Waals surface area contributed by atoms with Crippen LogP contribution >= 0.6 is 0 Å². The summed E-state index contributed by atoms with van der Waals surface area (Å²) in [6.07, 6.45) is -3.09. The van der Waals surface area contributed by atoms with Crippen molar-refractivity contribution in [2.24, 2.45) is 5.41 Å². The highest BCUT2D eigenvalue weighted by molar-refractivity contribution is 5.51. The third-order valence-electron chi connectivity index (χ3n) is 7.39. The molecule has 2 bridgehead atoms. The highest BCUT2D eigenvalue weighted by Gasteiger charge is 2.82. The van der Waals surface area contributed by atoms with Crippen LogP contribution in [0.4, 0.5) is 26.3 Å². The monoisotopic (exact) mass is 498 g/mol. The van der Waals surface area contributed by atoms with Gasteiger partial charge in [0, 0.05) is 17.0 Å². The number of aliphatic hydroxyl groups is 1. The van der Waals surface area contributed by atoms with E-state index in [4.69, 9.17) is 0 Å². The number of tetrazole rings is 1. The van der Waals surface area contributed by atoms with Crippen LogP contribution in [0.5, 0.6) is 11.5 Å². The van der Waals surface area contributed by atoms with Gasteiger partial charge in [0.2, 0.25) is 0 Å². The topological polar surface area (TPSA) is 82.3 Å². The Balaban J connectivity index is 1.33.